The predicted octanol–water partition coefficient (Wildman–Crippen LogP) is 5.59. The SMILES string of the molecule is CCCCC1C(Cc2ccc(-c3ccccc3-c3nn[nH]n3)cc2)C(=O)N2C3CCC(C(C)(C)C(=O)OCC)(CC3)N12. The first-order chi connectivity index (χ1) is 20.3. The molecule has 42 heavy (non-hydrogen) atoms. The van der Waals surface area contributed by atoms with E-state index in [-0.39, 0.29) is 29.9 Å². The zero-order chi connectivity index (χ0) is 29.5. The summed E-state index contributed by atoms with van der Waals surface area (Å²) in [6.07, 6.45) is 7.43. The minimum absolute atomic E-state index is 0.0629. The van der Waals surface area contributed by atoms with Crippen LogP contribution in [0.3, 0.4) is 0 Å². The fourth-order valence-corrected chi connectivity index (χ4v) is 7.86. The fraction of sp³-hybridized carbons (Fsp3) is 0.545. The summed E-state index contributed by atoms with van der Waals surface area (Å²) < 4.78 is 5.62. The average molecular weight is 571 g/mol. The topological polar surface area (TPSA) is 104 Å². The van der Waals surface area contributed by atoms with E-state index in [1.54, 1.807) is 0 Å². The Morgan fingerprint density at radius 2 is 1.79 bits per heavy atom. The van der Waals surface area contributed by atoms with E-state index in [4.69, 9.17) is 4.74 Å². The van der Waals surface area contributed by atoms with Crippen LogP contribution in [0.5, 0.6) is 0 Å². The van der Waals surface area contributed by atoms with Gasteiger partial charge >= 0.3 is 5.97 Å². The molecule has 0 radical (unpaired) electrons. The van der Waals surface area contributed by atoms with Crippen molar-refractivity contribution in [2.24, 2.45) is 11.3 Å². The Kier molecular flexibility index (Phi) is 7.64. The summed E-state index contributed by atoms with van der Waals surface area (Å²) in [7, 11) is 0. The molecule has 9 nitrogen and oxygen atoms in total. The maximum atomic E-state index is 14.3. The lowest BCUT2D eigenvalue weighted by atomic mass is 9.61. The third-order valence-electron chi connectivity index (χ3n) is 10.2. The quantitative estimate of drug-likeness (QED) is 0.317. The van der Waals surface area contributed by atoms with E-state index in [9.17, 15) is 9.59 Å². The molecule has 2 unspecified atom stereocenters. The van der Waals surface area contributed by atoms with E-state index >= 15 is 0 Å². The van der Waals surface area contributed by atoms with Gasteiger partial charge in [-0.2, -0.15) is 5.21 Å². The van der Waals surface area contributed by atoms with Gasteiger partial charge in [-0.3, -0.25) is 14.6 Å². The lowest BCUT2D eigenvalue weighted by molar-refractivity contribution is -0.236. The Labute approximate surface area is 248 Å². The van der Waals surface area contributed by atoms with E-state index in [1.807, 2.05) is 39.0 Å². The summed E-state index contributed by atoms with van der Waals surface area (Å²) in [5, 5.41) is 19.1. The first-order valence-corrected chi connectivity index (χ1v) is 15.5. The number of H-pyrrole nitrogens is 1. The Hall–Kier alpha value is -3.59. The van der Waals surface area contributed by atoms with Crippen LogP contribution in [0.4, 0.5) is 0 Å². The smallest absolute Gasteiger partial charge is 0.313 e. The van der Waals surface area contributed by atoms with Gasteiger partial charge in [0, 0.05) is 17.6 Å². The van der Waals surface area contributed by atoms with Gasteiger partial charge in [0.05, 0.1) is 23.5 Å². The van der Waals surface area contributed by atoms with Gasteiger partial charge in [-0.15, -0.1) is 10.2 Å². The van der Waals surface area contributed by atoms with E-state index in [2.05, 4.69) is 67.9 Å². The number of hydrogen-bond donors (Lipinski definition) is 1. The number of tetrazole rings is 1. The van der Waals surface area contributed by atoms with Crippen molar-refractivity contribution in [3.05, 3.63) is 54.1 Å². The fourth-order valence-electron chi connectivity index (χ4n) is 7.86. The summed E-state index contributed by atoms with van der Waals surface area (Å²) in [5.74, 6) is 0.471. The number of amides is 1. The highest BCUT2D eigenvalue weighted by molar-refractivity contribution is 5.84. The van der Waals surface area contributed by atoms with Crippen molar-refractivity contribution in [3.63, 3.8) is 0 Å². The number of carbonyl (C=O) groups is 2. The molecule has 9 heteroatoms. The highest BCUT2D eigenvalue weighted by Gasteiger charge is 2.67. The number of hydrazine groups is 1. The number of esters is 1. The number of aromatic amines is 1. The molecule has 4 heterocycles. The van der Waals surface area contributed by atoms with Gasteiger partial charge < -0.3 is 4.74 Å². The van der Waals surface area contributed by atoms with Crippen LogP contribution >= 0.6 is 0 Å². The Morgan fingerprint density at radius 3 is 2.43 bits per heavy atom. The molecule has 4 fully saturated rings. The first kappa shape index (κ1) is 28.5. The van der Waals surface area contributed by atoms with Gasteiger partial charge in [-0.25, -0.2) is 5.01 Å². The van der Waals surface area contributed by atoms with Gasteiger partial charge in [-0.1, -0.05) is 68.3 Å². The monoisotopic (exact) mass is 570 g/mol. The van der Waals surface area contributed by atoms with Crippen LogP contribution < -0.4 is 0 Å². The second-order valence-electron chi connectivity index (χ2n) is 12.6. The number of aromatic nitrogens is 4. The van der Waals surface area contributed by atoms with Crippen molar-refractivity contribution in [1.82, 2.24) is 30.6 Å². The molecule has 0 spiro atoms. The molecule has 1 N–H and O–H groups in total. The van der Waals surface area contributed by atoms with Crippen molar-refractivity contribution >= 4 is 11.9 Å². The lowest BCUT2D eigenvalue weighted by Crippen LogP contribution is -2.73. The number of rotatable bonds is 10. The normalized spacial score (nSPS) is 25.6. The van der Waals surface area contributed by atoms with E-state index in [0.717, 1.165) is 67.2 Å². The zero-order valence-corrected chi connectivity index (χ0v) is 25.2. The molecular weight excluding hydrogens is 528 g/mol. The number of unbranched alkanes of at least 4 members (excludes halogenated alkanes) is 1. The Balaban J connectivity index is 1.31. The minimum Gasteiger partial charge on any atom is -0.466 e. The van der Waals surface area contributed by atoms with Crippen LogP contribution in [-0.2, 0) is 20.7 Å². The lowest BCUT2D eigenvalue weighted by Gasteiger charge is -2.63. The van der Waals surface area contributed by atoms with E-state index < -0.39 is 11.0 Å². The molecule has 4 aliphatic rings. The molecule has 222 valence electrons. The third kappa shape index (κ3) is 4.53. The van der Waals surface area contributed by atoms with Crippen molar-refractivity contribution in [3.8, 4) is 22.5 Å². The van der Waals surface area contributed by atoms with Gasteiger partial charge in [0.1, 0.15) is 0 Å². The average Bonchev–Trinajstić information content (AvgIpc) is 3.65. The summed E-state index contributed by atoms with van der Waals surface area (Å²) in [6, 6.07) is 16.9. The van der Waals surface area contributed by atoms with Crippen LogP contribution in [0.2, 0.25) is 0 Å². The molecule has 7 rings (SSSR count). The van der Waals surface area contributed by atoms with Crippen LogP contribution in [0, 0.1) is 11.3 Å². The summed E-state index contributed by atoms with van der Waals surface area (Å²) in [4.78, 5) is 27.7. The Morgan fingerprint density at radius 1 is 1.07 bits per heavy atom. The largest absolute Gasteiger partial charge is 0.466 e. The summed E-state index contributed by atoms with van der Waals surface area (Å²) >= 11 is 0. The predicted molar refractivity (Wildman–Crippen MR) is 160 cm³/mol. The number of benzene rings is 2. The van der Waals surface area contributed by atoms with Gasteiger partial charge in [-0.05, 0) is 81.2 Å². The first-order valence-electron chi connectivity index (χ1n) is 15.5. The van der Waals surface area contributed by atoms with Crippen molar-refractivity contribution in [1.29, 1.82) is 0 Å². The molecule has 2 bridgehead atoms. The van der Waals surface area contributed by atoms with Crippen LogP contribution in [-0.4, -0.2) is 66.7 Å². The maximum absolute atomic E-state index is 14.3. The number of nitrogens with zero attached hydrogens (tertiary/aromatic N) is 5. The second-order valence-corrected chi connectivity index (χ2v) is 12.6. The molecular formula is C33H42N6O3. The van der Waals surface area contributed by atoms with Crippen LogP contribution in [0.25, 0.3) is 22.5 Å². The van der Waals surface area contributed by atoms with E-state index in [1.165, 1.54) is 0 Å². The highest BCUT2D eigenvalue weighted by atomic mass is 16.5. The van der Waals surface area contributed by atoms with Crippen molar-refractivity contribution in [2.45, 2.75) is 96.7 Å². The van der Waals surface area contributed by atoms with Gasteiger partial charge in [0.15, 0.2) is 0 Å². The molecule has 2 atom stereocenters. The molecule has 1 aliphatic carbocycles. The van der Waals surface area contributed by atoms with Crippen LogP contribution in [0.15, 0.2) is 48.5 Å². The molecule has 3 aliphatic heterocycles. The number of hydrogen-bond acceptors (Lipinski definition) is 7. The molecule has 1 aromatic heterocycles. The summed E-state index contributed by atoms with van der Waals surface area (Å²) in [6.45, 7) is 8.50. The van der Waals surface area contributed by atoms with Gasteiger partial charge in [0.2, 0.25) is 11.7 Å². The minimum atomic E-state index is -0.722. The number of nitrogens with one attached hydrogen (secondary N) is 1. The van der Waals surface area contributed by atoms with E-state index in [0.29, 0.717) is 18.9 Å². The molecule has 1 amide bonds. The van der Waals surface area contributed by atoms with Crippen molar-refractivity contribution in [2.75, 3.05) is 6.61 Å². The van der Waals surface area contributed by atoms with Crippen LogP contribution in [0.1, 0.15) is 78.2 Å². The highest BCUT2D eigenvalue weighted by Crippen LogP contribution is 2.57. The molecule has 3 aromatic rings. The zero-order valence-electron chi connectivity index (χ0n) is 25.2. The standard InChI is InChI=1S/C33H42N6O3/c1-5-7-12-28-27(21-22-13-15-23(16-14-22)25-10-8-9-11-26(25)29-34-36-37-35-29)30(40)38-24-17-19-33(20-18-24,39(28)38)32(3,4)31(41)42-6-2/h8-11,13-16,24,27-28H,5-7,12,17-21H2,1-4H3,(H,34,35,36,37). The molecule has 3 saturated heterocycles. The van der Waals surface area contributed by atoms with Gasteiger partial charge in [0.25, 0.3) is 0 Å². The molecule has 2 aromatic carbocycles. The number of fused-ring (bicyclic) bond motifs is 2. The maximum Gasteiger partial charge on any atom is 0.313 e. The van der Waals surface area contributed by atoms with Crippen molar-refractivity contribution < 1.29 is 14.3 Å². The Bertz CT molecular complexity index is 1410. The number of ether oxygens (including phenoxy) is 1. The summed E-state index contributed by atoms with van der Waals surface area (Å²) in [5.41, 5.74) is 3.02. The second kappa shape index (κ2) is 11.2. The number of carbonyl (C=O) groups excluding carboxylic acids is 2. The molecule has 1 saturated carbocycles. The third-order valence-corrected chi connectivity index (χ3v) is 10.2.